The Kier molecular flexibility index (Phi) is 6.33. The van der Waals surface area contributed by atoms with Crippen LogP contribution in [0.3, 0.4) is 0 Å². The molecule has 21 heavy (non-hydrogen) atoms. The number of nitrogens with zero attached hydrogens (tertiary/aromatic N) is 2. The molecule has 0 amide bonds. The highest BCUT2D eigenvalue weighted by atomic mass is 16.5. The maximum absolute atomic E-state index is 11.5. The number of hydrogen-bond donors (Lipinski definition) is 0. The van der Waals surface area contributed by atoms with Gasteiger partial charge in [-0.1, -0.05) is 19.9 Å². The zero-order chi connectivity index (χ0) is 15.8. The number of benzene rings is 1. The van der Waals surface area contributed by atoms with E-state index in [2.05, 4.69) is 14.7 Å². The number of carbonyl (C=O) groups excluding carboxylic acids is 1. The van der Waals surface area contributed by atoms with E-state index >= 15 is 0 Å². The van der Waals surface area contributed by atoms with E-state index in [0.717, 1.165) is 5.56 Å². The van der Waals surface area contributed by atoms with E-state index in [0.29, 0.717) is 23.0 Å². The zero-order valence-electron chi connectivity index (χ0n) is 13.0. The molecule has 0 fully saturated rings. The topological polar surface area (TPSA) is 61.3 Å². The molecule has 0 spiro atoms. The molecule has 1 heterocycles. The summed E-state index contributed by atoms with van der Waals surface area (Å²) in [4.78, 5) is 19.6. The Morgan fingerprint density at radius 1 is 1.14 bits per heavy atom. The van der Waals surface area contributed by atoms with Gasteiger partial charge in [-0.25, -0.2) is 9.78 Å². The van der Waals surface area contributed by atoms with Crippen molar-refractivity contribution in [3.63, 3.8) is 0 Å². The second-order valence-corrected chi connectivity index (χ2v) is 4.02. The molecule has 0 aliphatic rings. The highest BCUT2D eigenvalue weighted by Gasteiger charge is 2.10. The lowest BCUT2D eigenvalue weighted by Gasteiger charge is -2.09. The predicted octanol–water partition coefficient (Wildman–Crippen LogP) is 3.70. The van der Waals surface area contributed by atoms with Crippen LogP contribution in [0.25, 0.3) is 0 Å². The maximum atomic E-state index is 11.5. The molecular weight excluding hydrogens is 268 g/mol. The largest absolute Gasteiger partial charge is 0.465 e. The molecule has 2 rings (SSSR count). The van der Waals surface area contributed by atoms with Crippen molar-refractivity contribution in [2.75, 3.05) is 7.11 Å². The number of ether oxygens (including phenoxy) is 2. The van der Waals surface area contributed by atoms with Crippen LogP contribution in [0, 0.1) is 13.8 Å². The Hall–Kier alpha value is -2.43. The van der Waals surface area contributed by atoms with Gasteiger partial charge in [-0.2, -0.15) is 4.98 Å². The molecule has 112 valence electrons. The van der Waals surface area contributed by atoms with Crippen LogP contribution >= 0.6 is 0 Å². The second-order valence-electron chi connectivity index (χ2n) is 4.02. The molecule has 0 atom stereocenters. The number of aromatic nitrogens is 2. The fourth-order valence-corrected chi connectivity index (χ4v) is 1.56. The molecule has 0 saturated carbocycles. The van der Waals surface area contributed by atoms with Gasteiger partial charge in [0.15, 0.2) is 0 Å². The minimum absolute atomic E-state index is 0.399. The van der Waals surface area contributed by atoms with Gasteiger partial charge in [0.2, 0.25) is 5.88 Å². The van der Waals surface area contributed by atoms with Gasteiger partial charge < -0.3 is 9.47 Å². The molecule has 0 radical (unpaired) electrons. The van der Waals surface area contributed by atoms with Crippen LogP contribution < -0.4 is 4.74 Å². The van der Waals surface area contributed by atoms with E-state index in [1.54, 1.807) is 37.4 Å². The van der Waals surface area contributed by atoms with E-state index in [9.17, 15) is 4.79 Å². The first-order valence-corrected chi connectivity index (χ1v) is 6.76. The van der Waals surface area contributed by atoms with E-state index in [-0.39, 0.29) is 0 Å². The maximum Gasteiger partial charge on any atom is 0.337 e. The summed E-state index contributed by atoms with van der Waals surface area (Å²) in [6.45, 7) is 7.68. The number of aryl methyl sites for hydroxylation is 2. The van der Waals surface area contributed by atoms with E-state index < -0.39 is 5.97 Å². The van der Waals surface area contributed by atoms with E-state index in [1.807, 2.05) is 20.8 Å². The van der Waals surface area contributed by atoms with Crippen molar-refractivity contribution >= 4 is 5.97 Å². The molecule has 0 aliphatic heterocycles. The summed E-state index contributed by atoms with van der Waals surface area (Å²) in [6, 6.07) is 6.80. The van der Waals surface area contributed by atoms with Gasteiger partial charge in [-0.15, -0.1) is 0 Å². The quantitative estimate of drug-likeness (QED) is 0.806. The minimum atomic E-state index is -0.399. The van der Waals surface area contributed by atoms with E-state index in [1.165, 1.54) is 7.11 Å². The second kappa shape index (κ2) is 7.99. The highest BCUT2D eigenvalue weighted by Crippen LogP contribution is 2.25. The fourth-order valence-electron chi connectivity index (χ4n) is 1.56. The number of methoxy groups -OCH3 is 1. The first-order valence-electron chi connectivity index (χ1n) is 6.76. The Labute approximate surface area is 125 Å². The Morgan fingerprint density at radius 2 is 1.86 bits per heavy atom. The van der Waals surface area contributed by atoms with Crippen molar-refractivity contribution in [1.29, 1.82) is 0 Å². The smallest absolute Gasteiger partial charge is 0.337 e. The molecular formula is C16H20N2O3. The zero-order valence-corrected chi connectivity index (χ0v) is 13.0. The lowest BCUT2D eigenvalue weighted by molar-refractivity contribution is 0.0600. The molecule has 0 unspecified atom stereocenters. The molecule has 2 aromatic rings. The van der Waals surface area contributed by atoms with Crippen LogP contribution in [-0.4, -0.2) is 23.0 Å². The van der Waals surface area contributed by atoms with Gasteiger partial charge >= 0.3 is 5.97 Å². The van der Waals surface area contributed by atoms with Crippen molar-refractivity contribution in [3.8, 4) is 11.6 Å². The monoisotopic (exact) mass is 288 g/mol. The summed E-state index contributed by atoms with van der Waals surface area (Å²) in [7, 11) is 1.34. The average Bonchev–Trinajstić information content (AvgIpc) is 2.51. The molecule has 0 aliphatic carbocycles. The average molecular weight is 288 g/mol. The number of esters is 1. The van der Waals surface area contributed by atoms with Gasteiger partial charge in [0, 0.05) is 12.3 Å². The first kappa shape index (κ1) is 16.6. The van der Waals surface area contributed by atoms with Crippen molar-refractivity contribution in [1.82, 2.24) is 9.97 Å². The molecule has 5 nitrogen and oxygen atoms in total. The van der Waals surface area contributed by atoms with Crippen LogP contribution in [-0.2, 0) is 4.74 Å². The molecule has 5 heteroatoms. The summed E-state index contributed by atoms with van der Waals surface area (Å²) in [5.41, 5.74) is 1.35. The lowest BCUT2D eigenvalue weighted by atomic mass is 10.1. The van der Waals surface area contributed by atoms with Crippen LogP contribution in [0.4, 0.5) is 0 Å². The number of carbonyl (C=O) groups is 1. The summed E-state index contributed by atoms with van der Waals surface area (Å²) in [6.07, 6.45) is 1.62. The first-order chi connectivity index (χ1) is 10.1. The standard InChI is InChI=1S/C14H14N2O3.C2H6/c1-9-4-5-11(14(17)18-3)8-12(9)19-13-6-7-15-10(2)16-13;1-2/h4-8H,1-3H3;1-2H3. The number of rotatable bonds is 3. The molecule has 0 saturated heterocycles. The van der Waals surface area contributed by atoms with Crippen molar-refractivity contribution in [2.45, 2.75) is 27.7 Å². The Balaban J connectivity index is 0.00000106. The Bertz CT molecular complexity index is 612. The predicted molar refractivity (Wildman–Crippen MR) is 80.7 cm³/mol. The SMILES string of the molecule is CC.COC(=O)c1ccc(C)c(Oc2ccnc(C)n2)c1. The third-order valence-corrected chi connectivity index (χ3v) is 2.57. The van der Waals surface area contributed by atoms with E-state index in [4.69, 9.17) is 4.74 Å². The molecule has 0 bridgehead atoms. The van der Waals surface area contributed by atoms with Gasteiger partial charge in [-0.3, -0.25) is 0 Å². The molecule has 0 N–H and O–H groups in total. The lowest BCUT2D eigenvalue weighted by Crippen LogP contribution is -2.02. The third kappa shape index (κ3) is 4.56. The van der Waals surface area contributed by atoms with Crippen molar-refractivity contribution in [2.24, 2.45) is 0 Å². The number of hydrogen-bond acceptors (Lipinski definition) is 5. The summed E-state index contributed by atoms with van der Waals surface area (Å²) >= 11 is 0. The van der Waals surface area contributed by atoms with Gasteiger partial charge in [0.1, 0.15) is 11.6 Å². The van der Waals surface area contributed by atoms with Crippen molar-refractivity contribution < 1.29 is 14.3 Å². The summed E-state index contributed by atoms with van der Waals surface area (Å²) < 4.78 is 10.3. The van der Waals surface area contributed by atoms with Crippen LogP contribution in [0.2, 0.25) is 0 Å². The van der Waals surface area contributed by atoms with Gasteiger partial charge in [0.25, 0.3) is 0 Å². The normalized spacial score (nSPS) is 9.38. The molecule has 1 aromatic carbocycles. The highest BCUT2D eigenvalue weighted by molar-refractivity contribution is 5.89. The van der Waals surface area contributed by atoms with Gasteiger partial charge in [-0.05, 0) is 31.5 Å². The minimum Gasteiger partial charge on any atom is -0.465 e. The summed E-state index contributed by atoms with van der Waals surface area (Å²) in [5.74, 6) is 1.24. The van der Waals surface area contributed by atoms with Gasteiger partial charge in [0.05, 0.1) is 12.7 Å². The third-order valence-electron chi connectivity index (χ3n) is 2.57. The Morgan fingerprint density at radius 3 is 2.48 bits per heavy atom. The summed E-state index contributed by atoms with van der Waals surface area (Å²) in [5, 5.41) is 0. The van der Waals surface area contributed by atoms with Crippen LogP contribution in [0.5, 0.6) is 11.6 Å². The van der Waals surface area contributed by atoms with Crippen molar-refractivity contribution in [3.05, 3.63) is 47.4 Å². The fraction of sp³-hybridized carbons (Fsp3) is 0.312. The van der Waals surface area contributed by atoms with Crippen LogP contribution in [0.1, 0.15) is 35.6 Å². The van der Waals surface area contributed by atoms with Crippen LogP contribution in [0.15, 0.2) is 30.5 Å². The molecule has 1 aromatic heterocycles.